The first-order chi connectivity index (χ1) is 25.8. The molecule has 0 aliphatic heterocycles. The van der Waals surface area contributed by atoms with Crippen LogP contribution in [0.1, 0.15) is 0 Å². The summed E-state index contributed by atoms with van der Waals surface area (Å²) in [6, 6.07) is 74.5. The van der Waals surface area contributed by atoms with E-state index in [1.165, 1.54) is 65.6 Å². The summed E-state index contributed by atoms with van der Waals surface area (Å²) in [5.41, 5.74) is 11.8. The summed E-state index contributed by atoms with van der Waals surface area (Å²) < 4.78 is 2.42. The van der Waals surface area contributed by atoms with Gasteiger partial charge >= 0.3 is 0 Å². The van der Waals surface area contributed by atoms with Crippen LogP contribution in [0, 0.1) is 0 Å². The zero-order valence-corrected chi connectivity index (χ0v) is 28.5. The number of nitrogens with zero attached hydrogens (tertiary/aromatic N) is 2. The highest BCUT2D eigenvalue weighted by Crippen LogP contribution is 2.45. The molecule has 0 fully saturated rings. The van der Waals surface area contributed by atoms with Crippen molar-refractivity contribution in [1.82, 2.24) is 4.57 Å². The fraction of sp³-hybridized carbons (Fsp3) is 0. The first-order valence-electron chi connectivity index (χ1n) is 17.9. The van der Waals surface area contributed by atoms with E-state index in [0.717, 1.165) is 22.7 Å². The molecule has 2 nitrogen and oxygen atoms in total. The standard InChI is InChI=1S/C50H34N2/c1-4-17-35(18-5-1)49-42-26-10-12-28-44(42)50(45-29-13-11-27-43(45)49)36-31-32-48-46(33-36)41-25-14-15-30-47(41)52(48)40-24-16-23-39(34-40)51(37-19-6-2-7-20-37)38-21-8-3-9-22-38/h1-34H. The summed E-state index contributed by atoms with van der Waals surface area (Å²) >= 11 is 0. The second kappa shape index (κ2) is 12.5. The molecule has 10 aromatic rings. The molecule has 0 radical (unpaired) electrons. The number of anilines is 3. The molecule has 1 aromatic heterocycles. The van der Waals surface area contributed by atoms with Crippen molar-refractivity contribution in [2.24, 2.45) is 0 Å². The van der Waals surface area contributed by atoms with Gasteiger partial charge < -0.3 is 9.47 Å². The van der Waals surface area contributed by atoms with Gasteiger partial charge in [-0.05, 0) is 104 Å². The van der Waals surface area contributed by atoms with Crippen LogP contribution in [0.15, 0.2) is 206 Å². The molecule has 10 rings (SSSR count). The van der Waals surface area contributed by atoms with Crippen LogP contribution in [-0.4, -0.2) is 4.57 Å². The third kappa shape index (κ3) is 4.88. The minimum Gasteiger partial charge on any atom is -0.310 e. The van der Waals surface area contributed by atoms with Crippen LogP contribution < -0.4 is 4.90 Å². The largest absolute Gasteiger partial charge is 0.310 e. The van der Waals surface area contributed by atoms with Crippen LogP contribution in [-0.2, 0) is 0 Å². The maximum Gasteiger partial charge on any atom is 0.0541 e. The van der Waals surface area contributed by atoms with E-state index in [-0.39, 0.29) is 0 Å². The lowest BCUT2D eigenvalue weighted by molar-refractivity contribution is 1.17. The molecular formula is C50H34N2. The van der Waals surface area contributed by atoms with E-state index in [1.807, 2.05) is 0 Å². The highest BCUT2D eigenvalue weighted by Gasteiger charge is 2.19. The van der Waals surface area contributed by atoms with E-state index in [4.69, 9.17) is 0 Å². The molecule has 0 atom stereocenters. The Balaban J connectivity index is 1.19. The zero-order valence-electron chi connectivity index (χ0n) is 28.5. The molecule has 0 saturated carbocycles. The Labute approximate surface area is 303 Å². The van der Waals surface area contributed by atoms with Crippen LogP contribution in [0.3, 0.4) is 0 Å². The lowest BCUT2D eigenvalue weighted by Gasteiger charge is -2.26. The van der Waals surface area contributed by atoms with Gasteiger partial charge in [-0.1, -0.05) is 146 Å². The van der Waals surface area contributed by atoms with E-state index in [2.05, 4.69) is 216 Å². The molecule has 0 aliphatic carbocycles. The lowest BCUT2D eigenvalue weighted by atomic mass is 9.86. The van der Waals surface area contributed by atoms with Crippen molar-refractivity contribution in [1.29, 1.82) is 0 Å². The van der Waals surface area contributed by atoms with E-state index in [0.29, 0.717) is 0 Å². The first kappa shape index (κ1) is 30.0. The van der Waals surface area contributed by atoms with E-state index in [9.17, 15) is 0 Å². The fourth-order valence-electron chi connectivity index (χ4n) is 8.13. The summed E-state index contributed by atoms with van der Waals surface area (Å²) in [6.45, 7) is 0. The second-order valence-corrected chi connectivity index (χ2v) is 13.3. The van der Waals surface area contributed by atoms with Crippen LogP contribution >= 0.6 is 0 Å². The predicted octanol–water partition coefficient (Wildman–Crippen LogP) is 13.9. The van der Waals surface area contributed by atoms with E-state index < -0.39 is 0 Å². The molecule has 0 aliphatic rings. The summed E-state index contributed by atoms with van der Waals surface area (Å²) in [5.74, 6) is 0. The Morgan fingerprint density at radius 1 is 0.288 bits per heavy atom. The lowest BCUT2D eigenvalue weighted by Crippen LogP contribution is -2.10. The maximum absolute atomic E-state index is 2.42. The normalized spacial score (nSPS) is 11.5. The summed E-state index contributed by atoms with van der Waals surface area (Å²) in [5, 5.41) is 7.53. The van der Waals surface area contributed by atoms with Gasteiger partial charge in [0.2, 0.25) is 0 Å². The molecule has 0 saturated heterocycles. The molecule has 1 heterocycles. The molecule has 0 amide bonds. The van der Waals surface area contributed by atoms with Gasteiger partial charge in [-0.3, -0.25) is 0 Å². The fourth-order valence-corrected chi connectivity index (χ4v) is 8.13. The summed E-state index contributed by atoms with van der Waals surface area (Å²) in [4.78, 5) is 2.32. The van der Waals surface area contributed by atoms with Crippen molar-refractivity contribution in [3.63, 3.8) is 0 Å². The third-order valence-corrected chi connectivity index (χ3v) is 10.3. The van der Waals surface area contributed by atoms with Gasteiger partial charge in [0.1, 0.15) is 0 Å². The predicted molar refractivity (Wildman–Crippen MR) is 221 cm³/mol. The Kier molecular flexibility index (Phi) is 7.18. The smallest absolute Gasteiger partial charge is 0.0541 e. The van der Waals surface area contributed by atoms with E-state index >= 15 is 0 Å². The summed E-state index contributed by atoms with van der Waals surface area (Å²) in [7, 11) is 0. The van der Waals surface area contributed by atoms with Gasteiger partial charge in [-0.15, -0.1) is 0 Å². The SMILES string of the molecule is c1ccc(-c2c3ccccc3c(-c3ccc4c(c3)c3ccccc3n4-c3cccc(N(c4ccccc4)c4ccccc4)c3)c3ccccc23)cc1. The van der Waals surface area contributed by atoms with Crippen LogP contribution in [0.4, 0.5) is 17.1 Å². The second-order valence-electron chi connectivity index (χ2n) is 13.3. The number of benzene rings is 9. The van der Waals surface area contributed by atoms with Crippen molar-refractivity contribution in [3.8, 4) is 27.9 Å². The number of fused-ring (bicyclic) bond motifs is 5. The molecule has 244 valence electrons. The van der Waals surface area contributed by atoms with Gasteiger partial charge in [0.05, 0.1) is 11.0 Å². The van der Waals surface area contributed by atoms with Crippen molar-refractivity contribution in [2.75, 3.05) is 4.90 Å². The minimum absolute atomic E-state index is 1.11. The molecule has 0 spiro atoms. The molecule has 0 unspecified atom stereocenters. The highest BCUT2D eigenvalue weighted by atomic mass is 15.1. The van der Waals surface area contributed by atoms with Gasteiger partial charge in [0, 0.05) is 33.5 Å². The van der Waals surface area contributed by atoms with E-state index in [1.54, 1.807) is 0 Å². The monoisotopic (exact) mass is 662 g/mol. The zero-order chi connectivity index (χ0) is 34.4. The molecule has 9 aromatic carbocycles. The van der Waals surface area contributed by atoms with Gasteiger partial charge in [0.15, 0.2) is 0 Å². The molecule has 0 N–H and O–H groups in total. The van der Waals surface area contributed by atoms with Crippen LogP contribution in [0.5, 0.6) is 0 Å². The van der Waals surface area contributed by atoms with Crippen molar-refractivity contribution in [3.05, 3.63) is 206 Å². The van der Waals surface area contributed by atoms with Gasteiger partial charge in [-0.2, -0.15) is 0 Å². The first-order valence-corrected chi connectivity index (χ1v) is 17.9. The molecular weight excluding hydrogens is 629 g/mol. The number of para-hydroxylation sites is 3. The van der Waals surface area contributed by atoms with Crippen LogP contribution in [0.25, 0.3) is 71.3 Å². The quantitative estimate of drug-likeness (QED) is 0.161. The average molecular weight is 663 g/mol. The average Bonchev–Trinajstić information content (AvgIpc) is 3.55. The highest BCUT2D eigenvalue weighted by molar-refractivity contribution is 6.22. The Morgan fingerprint density at radius 2 is 0.750 bits per heavy atom. The number of hydrogen-bond donors (Lipinski definition) is 0. The molecule has 0 bridgehead atoms. The maximum atomic E-state index is 2.42. The van der Waals surface area contributed by atoms with Crippen LogP contribution in [0.2, 0.25) is 0 Å². The minimum atomic E-state index is 1.11. The molecule has 2 heteroatoms. The summed E-state index contributed by atoms with van der Waals surface area (Å²) in [6.07, 6.45) is 0. The number of aromatic nitrogens is 1. The Hall–Kier alpha value is -6.90. The van der Waals surface area contributed by atoms with Crippen molar-refractivity contribution < 1.29 is 0 Å². The van der Waals surface area contributed by atoms with Gasteiger partial charge in [-0.25, -0.2) is 0 Å². The Morgan fingerprint density at radius 3 is 1.35 bits per heavy atom. The molecule has 52 heavy (non-hydrogen) atoms. The topological polar surface area (TPSA) is 8.17 Å². The van der Waals surface area contributed by atoms with Crippen molar-refractivity contribution in [2.45, 2.75) is 0 Å². The van der Waals surface area contributed by atoms with Crippen molar-refractivity contribution >= 4 is 60.4 Å². The van der Waals surface area contributed by atoms with Gasteiger partial charge in [0.25, 0.3) is 0 Å². The third-order valence-electron chi connectivity index (χ3n) is 10.3. The number of rotatable bonds is 6. The Bertz CT molecular complexity index is 2790. The number of hydrogen-bond acceptors (Lipinski definition) is 1.